The normalized spacial score (nSPS) is 20.0. The zero-order valence-electron chi connectivity index (χ0n) is 15.3. The van der Waals surface area contributed by atoms with Gasteiger partial charge in [-0.15, -0.1) is 11.8 Å². The molecule has 1 saturated carbocycles. The number of fused-ring (bicyclic) bond motifs is 1. The lowest BCUT2D eigenvalue weighted by Crippen LogP contribution is -2.19. The molecule has 0 saturated heterocycles. The van der Waals surface area contributed by atoms with Crippen LogP contribution in [0.2, 0.25) is 0 Å². The SMILES string of the molecule is NS(=O)(=O)OC[C@H]1CC[C@H](n2ccc3c(SCc4ccccc4)ncnc32)C1. The molecule has 2 heterocycles. The molecule has 2 aromatic heterocycles. The number of benzene rings is 1. The van der Waals surface area contributed by atoms with Gasteiger partial charge in [0.25, 0.3) is 0 Å². The van der Waals surface area contributed by atoms with Crippen LogP contribution in [0.1, 0.15) is 30.9 Å². The van der Waals surface area contributed by atoms with Gasteiger partial charge in [0.1, 0.15) is 17.0 Å². The van der Waals surface area contributed by atoms with Gasteiger partial charge in [-0.1, -0.05) is 30.3 Å². The quantitative estimate of drug-likeness (QED) is 0.467. The molecule has 7 nitrogen and oxygen atoms in total. The van der Waals surface area contributed by atoms with E-state index in [1.807, 2.05) is 18.2 Å². The summed E-state index contributed by atoms with van der Waals surface area (Å²) in [6, 6.07) is 12.7. The molecule has 148 valence electrons. The second-order valence-corrected chi connectivity index (χ2v) is 9.21. The highest BCUT2D eigenvalue weighted by Gasteiger charge is 2.28. The molecule has 2 N–H and O–H groups in total. The van der Waals surface area contributed by atoms with Crippen LogP contribution in [0.15, 0.2) is 53.9 Å². The Labute approximate surface area is 168 Å². The van der Waals surface area contributed by atoms with Gasteiger partial charge in [0.05, 0.1) is 12.0 Å². The van der Waals surface area contributed by atoms with Gasteiger partial charge >= 0.3 is 10.3 Å². The Morgan fingerprint density at radius 2 is 2.00 bits per heavy atom. The molecule has 4 rings (SSSR count). The Bertz CT molecular complexity index is 1050. The van der Waals surface area contributed by atoms with Crippen molar-refractivity contribution in [3.05, 3.63) is 54.5 Å². The van der Waals surface area contributed by atoms with E-state index in [2.05, 4.69) is 38.9 Å². The molecule has 9 heteroatoms. The number of aromatic nitrogens is 3. The van der Waals surface area contributed by atoms with Crippen molar-refractivity contribution in [2.24, 2.45) is 11.1 Å². The minimum absolute atomic E-state index is 0.141. The van der Waals surface area contributed by atoms with Gasteiger partial charge in [-0.3, -0.25) is 4.18 Å². The van der Waals surface area contributed by atoms with E-state index in [9.17, 15) is 8.42 Å². The van der Waals surface area contributed by atoms with Crippen LogP contribution >= 0.6 is 11.8 Å². The third kappa shape index (κ3) is 4.54. The fourth-order valence-corrected chi connectivity index (χ4v) is 5.04. The number of hydrogen-bond acceptors (Lipinski definition) is 6. The van der Waals surface area contributed by atoms with Crippen molar-refractivity contribution in [3.63, 3.8) is 0 Å². The van der Waals surface area contributed by atoms with Crippen LogP contribution in [0.25, 0.3) is 11.0 Å². The van der Waals surface area contributed by atoms with Gasteiger partial charge in [0, 0.05) is 18.0 Å². The fourth-order valence-electron chi connectivity index (χ4n) is 3.73. The predicted molar refractivity (Wildman–Crippen MR) is 109 cm³/mol. The monoisotopic (exact) mass is 418 g/mol. The van der Waals surface area contributed by atoms with E-state index >= 15 is 0 Å². The second kappa shape index (κ2) is 8.20. The molecule has 0 spiro atoms. The predicted octanol–water partition coefficient (Wildman–Crippen LogP) is 3.28. The molecule has 1 aliphatic rings. The van der Waals surface area contributed by atoms with Crippen LogP contribution in [-0.2, 0) is 20.2 Å². The van der Waals surface area contributed by atoms with E-state index in [1.165, 1.54) is 5.56 Å². The molecule has 1 aliphatic carbocycles. The zero-order valence-corrected chi connectivity index (χ0v) is 16.9. The Morgan fingerprint density at radius 1 is 1.18 bits per heavy atom. The first-order chi connectivity index (χ1) is 13.5. The molecule has 0 aliphatic heterocycles. The topological polar surface area (TPSA) is 100 Å². The highest BCUT2D eigenvalue weighted by Crippen LogP contribution is 2.38. The van der Waals surface area contributed by atoms with E-state index in [0.717, 1.165) is 41.1 Å². The smallest absolute Gasteiger partial charge is 0.329 e. The van der Waals surface area contributed by atoms with Crippen molar-refractivity contribution in [2.75, 3.05) is 6.61 Å². The van der Waals surface area contributed by atoms with Crippen molar-refractivity contribution < 1.29 is 12.6 Å². The highest BCUT2D eigenvalue weighted by molar-refractivity contribution is 7.98. The molecule has 1 aromatic carbocycles. The molecule has 0 unspecified atom stereocenters. The molecule has 1 fully saturated rings. The first kappa shape index (κ1) is 19.4. The Morgan fingerprint density at radius 3 is 2.79 bits per heavy atom. The largest absolute Gasteiger partial charge is 0.333 e. The van der Waals surface area contributed by atoms with Crippen LogP contribution in [0, 0.1) is 5.92 Å². The van der Waals surface area contributed by atoms with Crippen molar-refractivity contribution >= 4 is 33.1 Å². The Hall–Kier alpha value is -1.94. The third-order valence-corrected chi connectivity index (χ3v) is 6.61. The first-order valence-electron chi connectivity index (χ1n) is 9.15. The second-order valence-electron chi connectivity index (χ2n) is 7.02. The summed E-state index contributed by atoms with van der Waals surface area (Å²) in [5.74, 6) is 1.03. The Kier molecular flexibility index (Phi) is 5.68. The minimum atomic E-state index is -3.88. The summed E-state index contributed by atoms with van der Waals surface area (Å²) in [5.41, 5.74) is 2.18. The van der Waals surface area contributed by atoms with Crippen LogP contribution in [-0.4, -0.2) is 29.6 Å². The summed E-state index contributed by atoms with van der Waals surface area (Å²) >= 11 is 1.71. The summed E-state index contributed by atoms with van der Waals surface area (Å²) in [5, 5.41) is 6.95. The summed E-state index contributed by atoms with van der Waals surface area (Å²) in [4.78, 5) is 8.97. The molecule has 0 bridgehead atoms. The van der Waals surface area contributed by atoms with Crippen LogP contribution < -0.4 is 5.14 Å². The number of nitrogens with two attached hydrogens (primary N) is 1. The van der Waals surface area contributed by atoms with Gasteiger partial charge in [0.2, 0.25) is 0 Å². The molecular formula is C19H22N4O3S2. The standard InChI is InChI=1S/C19H22N4O3S2/c20-28(24,25)26-11-15-6-7-16(10-15)23-9-8-17-18(23)21-13-22-19(17)27-12-14-4-2-1-3-5-14/h1-5,8-9,13,15-16H,6-7,10-12H2,(H2,20,24,25)/t15-,16-/m0/s1. The van der Waals surface area contributed by atoms with Gasteiger partial charge in [-0.05, 0) is 36.8 Å². The number of thioether (sulfide) groups is 1. The first-order valence-corrected chi connectivity index (χ1v) is 11.6. The highest BCUT2D eigenvalue weighted by atomic mass is 32.2. The summed E-state index contributed by atoms with van der Waals surface area (Å²) in [7, 11) is -3.88. The average molecular weight is 419 g/mol. The summed E-state index contributed by atoms with van der Waals surface area (Å²) in [6.45, 7) is 0.141. The lowest BCUT2D eigenvalue weighted by Gasteiger charge is -2.14. The van der Waals surface area contributed by atoms with Crippen LogP contribution in [0.5, 0.6) is 0 Å². The summed E-state index contributed by atoms with van der Waals surface area (Å²) < 4.78 is 29.0. The van der Waals surface area contributed by atoms with Gasteiger partial charge in [-0.2, -0.15) is 8.42 Å². The fraction of sp³-hybridized carbons (Fsp3) is 0.368. The van der Waals surface area contributed by atoms with Crippen LogP contribution in [0.3, 0.4) is 0 Å². The maximum Gasteiger partial charge on any atom is 0.333 e. The molecule has 0 amide bonds. The molecule has 28 heavy (non-hydrogen) atoms. The van der Waals surface area contributed by atoms with Crippen molar-refractivity contribution in [2.45, 2.75) is 36.1 Å². The van der Waals surface area contributed by atoms with Crippen LogP contribution in [0.4, 0.5) is 0 Å². The maximum atomic E-state index is 11.0. The Balaban J connectivity index is 1.47. The molecule has 0 radical (unpaired) electrons. The summed E-state index contributed by atoms with van der Waals surface area (Å²) in [6.07, 6.45) is 6.37. The lowest BCUT2D eigenvalue weighted by molar-refractivity contribution is 0.253. The van der Waals surface area contributed by atoms with E-state index in [-0.39, 0.29) is 18.6 Å². The van der Waals surface area contributed by atoms with E-state index < -0.39 is 10.3 Å². The average Bonchev–Trinajstić information content (AvgIpc) is 3.32. The van der Waals surface area contributed by atoms with E-state index in [0.29, 0.717) is 0 Å². The molecule has 3 aromatic rings. The molecule has 2 atom stereocenters. The third-order valence-electron chi connectivity index (χ3n) is 5.07. The van der Waals surface area contributed by atoms with Gasteiger partial charge in [-0.25, -0.2) is 15.1 Å². The number of nitrogens with zero attached hydrogens (tertiary/aromatic N) is 3. The molecular weight excluding hydrogens is 396 g/mol. The number of hydrogen-bond donors (Lipinski definition) is 1. The van der Waals surface area contributed by atoms with Crippen molar-refractivity contribution in [3.8, 4) is 0 Å². The number of rotatable bonds is 7. The lowest BCUT2D eigenvalue weighted by atomic mass is 10.1. The van der Waals surface area contributed by atoms with E-state index in [1.54, 1.807) is 18.1 Å². The minimum Gasteiger partial charge on any atom is -0.329 e. The van der Waals surface area contributed by atoms with Crippen molar-refractivity contribution in [1.29, 1.82) is 0 Å². The van der Waals surface area contributed by atoms with Gasteiger partial charge in [0.15, 0.2) is 0 Å². The van der Waals surface area contributed by atoms with E-state index in [4.69, 9.17) is 9.32 Å². The van der Waals surface area contributed by atoms with Crippen molar-refractivity contribution in [1.82, 2.24) is 14.5 Å². The van der Waals surface area contributed by atoms with Gasteiger partial charge < -0.3 is 4.57 Å². The zero-order chi connectivity index (χ0) is 19.6. The maximum absolute atomic E-state index is 11.0.